The maximum absolute atomic E-state index is 12.5. The first-order valence-corrected chi connectivity index (χ1v) is 7.60. The van der Waals surface area contributed by atoms with Crippen molar-refractivity contribution in [2.75, 3.05) is 39.3 Å². The fourth-order valence-corrected chi connectivity index (χ4v) is 3.24. The first kappa shape index (κ1) is 14.1. The van der Waals surface area contributed by atoms with Crippen LogP contribution in [0.1, 0.15) is 10.4 Å². The molecule has 2 heterocycles. The quantitative estimate of drug-likeness (QED) is 0.903. The second-order valence-electron chi connectivity index (χ2n) is 5.24. The van der Waals surface area contributed by atoms with Gasteiger partial charge in [0.2, 0.25) is 0 Å². The largest absolute Gasteiger partial charge is 0.336 e. The lowest BCUT2D eigenvalue weighted by molar-refractivity contribution is 0.0502. The van der Waals surface area contributed by atoms with Gasteiger partial charge in [0.25, 0.3) is 5.91 Å². The minimum atomic E-state index is -0.0630. The molecule has 0 bridgehead atoms. The minimum Gasteiger partial charge on any atom is -0.336 e. The van der Waals surface area contributed by atoms with E-state index in [0.717, 1.165) is 39.3 Å². The molecule has 0 aliphatic carbocycles. The van der Waals surface area contributed by atoms with Gasteiger partial charge in [0.05, 0.1) is 15.6 Å². The van der Waals surface area contributed by atoms with Crippen molar-refractivity contribution in [2.24, 2.45) is 0 Å². The van der Waals surface area contributed by atoms with Gasteiger partial charge in [-0.1, -0.05) is 29.3 Å². The van der Waals surface area contributed by atoms with E-state index in [0.29, 0.717) is 21.7 Å². The van der Waals surface area contributed by atoms with Crippen molar-refractivity contribution >= 4 is 29.1 Å². The van der Waals surface area contributed by atoms with Gasteiger partial charge in [-0.25, -0.2) is 0 Å². The Morgan fingerprint density at radius 2 is 1.70 bits per heavy atom. The van der Waals surface area contributed by atoms with E-state index in [2.05, 4.69) is 10.2 Å². The minimum absolute atomic E-state index is 0.0630. The predicted molar refractivity (Wildman–Crippen MR) is 80.6 cm³/mol. The van der Waals surface area contributed by atoms with Crippen LogP contribution in [0.2, 0.25) is 10.0 Å². The number of carbonyl (C=O) groups is 1. The molecule has 20 heavy (non-hydrogen) atoms. The summed E-state index contributed by atoms with van der Waals surface area (Å²) in [5, 5.41) is 4.12. The molecular weight excluding hydrogens is 297 g/mol. The van der Waals surface area contributed by atoms with Crippen molar-refractivity contribution in [3.05, 3.63) is 33.8 Å². The first-order chi connectivity index (χ1) is 9.66. The molecule has 0 aromatic heterocycles. The molecule has 0 unspecified atom stereocenters. The molecule has 0 spiro atoms. The predicted octanol–water partition coefficient (Wildman–Crippen LogP) is 1.72. The van der Waals surface area contributed by atoms with Gasteiger partial charge in [-0.05, 0) is 12.1 Å². The van der Waals surface area contributed by atoms with Crippen LogP contribution in [-0.4, -0.2) is 61.0 Å². The first-order valence-electron chi connectivity index (χ1n) is 6.85. The molecular formula is C14H17Cl2N3O. The van der Waals surface area contributed by atoms with Crippen LogP contribution in [0.25, 0.3) is 0 Å². The van der Waals surface area contributed by atoms with Crippen LogP contribution in [0.3, 0.4) is 0 Å². The molecule has 2 saturated heterocycles. The summed E-state index contributed by atoms with van der Waals surface area (Å²) in [6, 6.07) is 5.80. The van der Waals surface area contributed by atoms with Crippen LogP contribution in [0.5, 0.6) is 0 Å². The number of nitrogens with one attached hydrogen (secondary N) is 1. The van der Waals surface area contributed by atoms with Crippen molar-refractivity contribution in [1.82, 2.24) is 15.1 Å². The average molecular weight is 314 g/mol. The molecule has 2 aliphatic heterocycles. The molecule has 2 fully saturated rings. The van der Waals surface area contributed by atoms with Crippen LogP contribution < -0.4 is 5.32 Å². The Balaban J connectivity index is 1.67. The lowest BCUT2D eigenvalue weighted by Gasteiger charge is -2.43. The van der Waals surface area contributed by atoms with Crippen LogP contribution in [-0.2, 0) is 0 Å². The van der Waals surface area contributed by atoms with E-state index in [1.165, 1.54) is 0 Å². The zero-order chi connectivity index (χ0) is 14.1. The molecule has 0 atom stereocenters. The monoisotopic (exact) mass is 313 g/mol. The van der Waals surface area contributed by atoms with E-state index in [-0.39, 0.29) is 5.91 Å². The maximum Gasteiger partial charge on any atom is 0.256 e. The van der Waals surface area contributed by atoms with Gasteiger partial charge in [0, 0.05) is 45.3 Å². The highest BCUT2D eigenvalue weighted by Crippen LogP contribution is 2.26. The van der Waals surface area contributed by atoms with E-state index in [1.807, 2.05) is 4.90 Å². The van der Waals surface area contributed by atoms with Crippen LogP contribution in [0, 0.1) is 0 Å². The number of hydrogen-bond acceptors (Lipinski definition) is 3. The van der Waals surface area contributed by atoms with Crippen molar-refractivity contribution in [3.8, 4) is 0 Å². The third-order valence-corrected chi connectivity index (χ3v) is 4.68. The lowest BCUT2D eigenvalue weighted by Crippen LogP contribution is -2.62. The second-order valence-corrected chi connectivity index (χ2v) is 6.05. The summed E-state index contributed by atoms with van der Waals surface area (Å²) in [5.41, 5.74) is 0.426. The second kappa shape index (κ2) is 5.90. The van der Waals surface area contributed by atoms with E-state index >= 15 is 0 Å². The third-order valence-electron chi connectivity index (χ3n) is 4.05. The summed E-state index contributed by atoms with van der Waals surface area (Å²) >= 11 is 12.2. The van der Waals surface area contributed by atoms with Crippen LogP contribution >= 0.6 is 23.2 Å². The van der Waals surface area contributed by atoms with Crippen LogP contribution in [0.15, 0.2) is 18.2 Å². The van der Waals surface area contributed by atoms with Crippen molar-refractivity contribution < 1.29 is 4.79 Å². The van der Waals surface area contributed by atoms with Gasteiger partial charge >= 0.3 is 0 Å². The SMILES string of the molecule is O=C(c1c(Cl)cccc1Cl)N1CCN(C2CNC2)CC1. The van der Waals surface area contributed by atoms with Crippen molar-refractivity contribution in [2.45, 2.75) is 6.04 Å². The summed E-state index contributed by atoms with van der Waals surface area (Å²) in [6.07, 6.45) is 0. The van der Waals surface area contributed by atoms with Gasteiger partial charge in [0.1, 0.15) is 0 Å². The molecule has 0 radical (unpaired) electrons. The molecule has 108 valence electrons. The summed E-state index contributed by atoms with van der Waals surface area (Å²) in [6.45, 7) is 5.42. The number of hydrogen-bond donors (Lipinski definition) is 1. The fraction of sp³-hybridized carbons (Fsp3) is 0.500. The van der Waals surface area contributed by atoms with Gasteiger partial charge < -0.3 is 10.2 Å². The van der Waals surface area contributed by atoms with E-state index < -0.39 is 0 Å². The fourth-order valence-electron chi connectivity index (χ4n) is 2.68. The normalized spacial score (nSPS) is 20.8. The Hall–Kier alpha value is -0.810. The summed E-state index contributed by atoms with van der Waals surface area (Å²) < 4.78 is 0. The van der Waals surface area contributed by atoms with E-state index in [4.69, 9.17) is 23.2 Å². The number of piperazine rings is 1. The maximum atomic E-state index is 12.5. The molecule has 4 nitrogen and oxygen atoms in total. The van der Waals surface area contributed by atoms with Gasteiger partial charge in [0.15, 0.2) is 0 Å². The summed E-state index contributed by atoms with van der Waals surface area (Å²) in [5.74, 6) is -0.0630. The zero-order valence-electron chi connectivity index (χ0n) is 11.1. The van der Waals surface area contributed by atoms with Crippen LogP contribution in [0.4, 0.5) is 0 Å². The van der Waals surface area contributed by atoms with Gasteiger partial charge in [-0.3, -0.25) is 9.69 Å². The Morgan fingerprint density at radius 3 is 2.20 bits per heavy atom. The Labute approximate surface area is 128 Å². The Morgan fingerprint density at radius 1 is 1.10 bits per heavy atom. The molecule has 1 aromatic carbocycles. The molecule has 0 saturated carbocycles. The average Bonchev–Trinajstić information content (AvgIpc) is 2.37. The lowest BCUT2D eigenvalue weighted by atomic mass is 10.1. The van der Waals surface area contributed by atoms with E-state index in [1.54, 1.807) is 18.2 Å². The number of carbonyl (C=O) groups excluding carboxylic acids is 1. The van der Waals surface area contributed by atoms with E-state index in [9.17, 15) is 4.79 Å². The van der Waals surface area contributed by atoms with Crippen molar-refractivity contribution in [3.63, 3.8) is 0 Å². The number of amides is 1. The third kappa shape index (κ3) is 2.66. The zero-order valence-corrected chi connectivity index (χ0v) is 12.6. The standard InChI is InChI=1S/C14H17Cl2N3O/c15-11-2-1-3-12(16)13(11)14(20)19-6-4-18(5-7-19)10-8-17-9-10/h1-3,10,17H,4-9H2. The highest BCUT2D eigenvalue weighted by atomic mass is 35.5. The van der Waals surface area contributed by atoms with Gasteiger partial charge in [-0.2, -0.15) is 0 Å². The topological polar surface area (TPSA) is 35.6 Å². The number of benzene rings is 1. The molecule has 1 amide bonds. The molecule has 3 rings (SSSR count). The number of halogens is 2. The molecule has 1 aromatic rings. The molecule has 2 aliphatic rings. The smallest absolute Gasteiger partial charge is 0.256 e. The molecule has 1 N–H and O–H groups in total. The number of rotatable bonds is 2. The molecule has 6 heteroatoms. The number of nitrogens with zero attached hydrogens (tertiary/aromatic N) is 2. The highest BCUT2D eigenvalue weighted by Gasteiger charge is 2.30. The van der Waals surface area contributed by atoms with Crippen molar-refractivity contribution in [1.29, 1.82) is 0 Å². The Bertz CT molecular complexity index is 491. The highest BCUT2D eigenvalue weighted by molar-refractivity contribution is 6.39. The van der Waals surface area contributed by atoms with Gasteiger partial charge in [-0.15, -0.1) is 0 Å². The summed E-state index contributed by atoms with van der Waals surface area (Å²) in [7, 11) is 0. The summed E-state index contributed by atoms with van der Waals surface area (Å²) in [4.78, 5) is 16.8. The Kier molecular flexibility index (Phi) is 4.17.